The lowest BCUT2D eigenvalue weighted by Gasteiger charge is -2.06. The van der Waals surface area contributed by atoms with E-state index >= 15 is 0 Å². The predicted molar refractivity (Wildman–Crippen MR) is 67.7 cm³/mol. The number of nitrogens with zero attached hydrogens (tertiary/aromatic N) is 1. The van der Waals surface area contributed by atoms with Crippen LogP contribution in [-0.2, 0) is 11.3 Å². The van der Waals surface area contributed by atoms with Gasteiger partial charge in [-0.3, -0.25) is 10.1 Å². The maximum absolute atomic E-state index is 10.9. The molecule has 0 unspecified atom stereocenters. The minimum absolute atomic E-state index is 0.0385. The van der Waals surface area contributed by atoms with E-state index in [-0.39, 0.29) is 17.3 Å². The Hall–Kier alpha value is -0.840. The Bertz CT molecular complexity index is 410. The Kier molecular flexibility index (Phi) is 5.68. The highest BCUT2D eigenvalue weighted by Gasteiger charge is 2.19. The zero-order valence-electron chi connectivity index (χ0n) is 9.41. The zero-order chi connectivity index (χ0) is 12.8. The molecule has 0 saturated heterocycles. The van der Waals surface area contributed by atoms with Crippen LogP contribution in [0.4, 0.5) is 5.69 Å². The van der Waals surface area contributed by atoms with Crippen LogP contribution >= 0.6 is 23.2 Å². The molecule has 1 aromatic rings. The first-order valence-electron chi connectivity index (χ1n) is 5.26. The van der Waals surface area contributed by atoms with Crippen molar-refractivity contribution in [1.82, 2.24) is 0 Å². The van der Waals surface area contributed by atoms with Crippen molar-refractivity contribution in [3.8, 4) is 0 Å². The first kappa shape index (κ1) is 14.2. The highest BCUT2D eigenvalue weighted by Crippen LogP contribution is 2.32. The molecule has 0 bridgehead atoms. The van der Waals surface area contributed by atoms with Crippen LogP contribution < -0.4 is 0 Å². The van der Waals surface area contributed by atoms with Crippen LogP contribution in [-0.4, -0.2) is 11.5 Å². The van der Waals surface area contributed by atoms with Gasteiger partial charge in [-0.1, -0.05) is 36.5 Å². The number of rotatable bonds is 6. The number of hydrogen-bond acceptors (Lipinski definition) is 3. The van der Waals surface area contributed by atoms with Crippen molar-refractivity contribution in [3.63, 3.8) is 0 Å². The van der Waals surface area contributed by atoms with Crippen molar-refractivity contribution in [2.45, 2.75) is 26.4 Å². The second-order valence-electron chi connectivity index (χ2n) is 3.56. The van der Waals surface area contributed by atoms with Crippen LogP contribution in [0.1, 0.15) is 25.3 Å². The highest BCUT2D eigenvalue weighted by atomic mass is 35.5. The smallest absolute Gasteiger partial charge is 0.293 e. The molecule has 4 nitrogen and oxygen atoms in total. The van der Waals surface area contributed by atoms with Gasteiger partial charge in [0, 0.05) is 11.6 Å². The molecule has 94 valence electrons. The summed E-state index contributed by atoms with van der Waals surface area (Å²) < 4.78 is 5.34. The average Bonchev–Trinajstić information content (AvgIpc) is 2.22. The van der Waals surface area contributed by atoms with Gasteiger partial charge in [-0.15, -0.1) is 0 Å². The quantitative estimate of drug-likeness (QED) is 0.444. The van der Waals surface area contributed by atoms with Crippen molar-refractivity contribution in [2.24, 2.45) is 0 Å². The standard InChI is InChI=1S/C11H13Cl2NO3/c1-2-3-4-17-7-8-5-9(12)6-10(13)11(8)14(15)16/h5-6H,2-4,7H2,1H3. The zero-order valence-corrected chi connectivity index (χ0v) is 10.9. The SMILES string of the molecule is CCCCOCc1cc(Cl)cc(Cl)c1[N+](=O)[O-]. The van der Waals surface area contributed by atoms with Gasteiger partial charge in [-0.2, -0.15) is 0 Å². The molecular formula is C11H13Cl2NO3. The molecule has 0 fully saturated rings. The molecule has 0 amide bonds. The van der Waals surface area contributed by atoms with E-state index < -0.39 is 4.92 Å². The molecule has 0 heterocycles. The molecule has 0 radical (unpaired) electrons. The molecule has 0 aliphatic heterocycles. The van der Waals surface area contributed by atoms with Crippen LogP contribution in [0.15, 0.2) is 12.1 Å². The molecule has 0 aliphatic rings. The third-order valence-corrected chi connectivity index (χ3v) is 2.70. The largest absolute Gasteiger partial charge is 0.377 e. The van der Waals surface area contributed by atoms with E-state index in [4.69, 9.17) is 27.9 Å². The third kappa shape index (κ3) is 4.15. The maximum Gasteiger partial charge on any atom is 0.293 e. The molecule has 0 atom stereocenters. The summed E-state index contributed by atoms with van der Waals surface area (Å²) in [6.07, 6.45) is 1.93. The van der Waals surface area contributed by atoms with Gasteiger partial charge in [-0.25, -0.2) is 0 Å². The highest BCUT2D eigenvalue weighted by molar-refractivity contribution is 6.36. The summed E-state index contributed by atoms with van der Waals surface area (Å²) in [6, 6.07) is 2.87. The summed E-state index contributed by atoms with van der Waals surface area (Å²) in [4.78, 5) is 10.3. The Morgan fingerprint density at radius 3 is 2.71 bits per heavy atom. The molecule has 0 spiro atoms. The van der Waals surface area contributed by atoms with Crippen molar-refractivity contribution in [1.29, 1.82) is 0 Å². The van der Waals surface area contributed by atoms with E-state index in [9.17, 15) is 10.1 Å². The molecular weight excluding hydrogens is 265 g/mol. The van der Waals surface area contributed by atoms with Gasteiger partial charge in [0.25, 0.3) is 5.69 Å². The Balaban J connectivity index is 2.85. The fourth-order valence-electron chi connectivity index (χ4n) is 1.36. The number of halogens is 2. The summed E-state index contributed by atoms with van der Waals surface area (Å²) in [5, 5.41) is 11.3. The topological polar surface area (TPSA) is 52.4 Å². The third-order valence-electron chi connectivity index (χ3n) is 2.19. The monoisotopic (exact) mass is 277 g/mol. The number of benzene rings is 1. The minimum atomic E-state index is -0.517. The lowest BCUT2D eigenvalue weighted by atomic mass is 10.2. The van der Waals surface area contributed by atoms with Crippen LogP contribution in [0.25, 0.3) is 0 Å². The Morgan fingerprint density at radius 2 is 2.12 bits per heavy atom. The van der Waals surface area contributed by atoms with Crippen LogP contribution in [0.3, 0.4) is 0 Å². The van der Waals surface area contributed by atoms with E-state index in [0.29, 0.717) is 17.2 Å². The molecule has 17 heavy (non-hydrogen) atoms. The number of unbranched alkanes of at least 4 members (excludes halogenated alkanes) is 1. The molecule has 6 heteroatoms. The first-order chi connectivity index (χ1) is 8.06. The number of hydrogen-bond donors (Lipinski definition) is 0. The Morgan fingerprint density at radius 1 is 1.41 bits per heavy atom. The fraction of sp³-hybridized carbons (Fsp3) is 0.455. The van der Waals surface area contributed by atoms with Crippen LogP contribution in [0.5, 0.6) is 0 Å². The van der Waals surface area contributed by atoms with E-state index in [1.807, 2.05) is 6.92 Å². The molecule has 0 saturated carbocycles. The molecule has 1 aromatic carbocycles. The van der Waals surface area contributed by atoms with Crippen LogP contribution in [0.2, 0.25) is 10.0 Å². The van der Waals surface area contributed by atoms with Crippen molar-refractivity contribution >= 4 is 28.9 Å². The second kappa shape index (κ2) is 6.79. The predicted octanol–water partition coefficient (Wildman–Crippen LogP) is 4.22. The van der Waals surface area contributed by atoms with Gasteiger partial charge < -0.3 is 4.74 Å². The number of nitro benzene ring substituents is 1. The molecule has 0 N–H and O–H groups in total. The van der Waals surface area contributed by atoms with E-state index in [2.05, 4.69) is 0 Å². The number of nitro groups is 1. The summed E-state index contributed by atoms with van der Waals surface area (Å²) in [7, 11) is 0. The Labute approximate surface area is 110 Å². The van der Waals surface area contributed by atoms with Gasteiger partial charge in [-0.05, 0) is 18.6 Å². The van der Waals surface area contributed by atoms with Crippen molar-refractivity contribution in [3.05, 3.63) is 37.9 Å². The van der Waals surface area contributed by atoms with Crippen molar-refractivity contribution < 1.29 is 9.66 Å². The lowest BCUT2D eigenvalue weighted by Crippen LogP contribution is -2.00. The minimum Gasteiger partial charge on any atom is -0.377 e. The van der Waals surface area contributed by atoms with E-state index in [0.717, 1.165) is 12.8 Å². The molecule has 0 aromatic heterocycles. The van der Waals surface area contributed by atoms with E-state index in [1.165, 1.54) is 12.1 Å². The number of ether oxygens (including phenoxy) is 1. The van der Waals surface area contributed by atoms with Crippen molar-refractivity contribution in [2.75, 3.05) is 6.61 Å². The van der Waals surface area contributed by atoms with Gasteiger partial charge in [0.2, 0.25) is 0 Å². The maximum atomic E-state index is 10.9. The second-order valence-corrected chi connectivity index (χ2v) is 4.40. The van der Waals surface area contributed by atoms with Gasteiger partial charge in [0.15, 0.2) is 0 Å². The summed E-state index contributed by atoms with van der Waals surface area (Å²) in [5.41, 5.74) is 0.274. The van der Waals surface area contributed by atoms with E-state index in [1.54, 1.807) is 0 Å². The normalized spacial score (nSPS) is 10.5. The summed E-state index contributed by atoms with van der Waals surface area (Å²) >= 11 is 11.6. The van der Waals surface area contributed by atoms with Crippen LogP contribution in [0, 0.1) is 10.1 Å². The lowest BCUT2D eigenvalue weighted by molar-refractivity contribution is -0.385. The van der Waals surface area contributed by atoms with Gasteiger partial charge >= 0.3 is 0 Å². The molecule has 1 rings (SSSR count). The summed E-state index contributed by atoms with van der Waals surface area (Å²) in [5.74, 6) is 0. The van der Waals surface area contributed by atoms with Gasteiger partial charge in [0.1, 0.15) is 5.02 Å². The molecule has 0 aliphatic carbocycles. The van der Waals surface area contributed by atoms with Gasteiger partial charge in [0.05, 0.1) is 17.1 Å². The fourth-order valence-corrected chi connectivity index (χ4v) is 1.97. The average molecular weight is 278 g/mol. The first-order valence-corrected chi connectivity index (χ1v) is 6.02. The summed E-state index contributed by atoms with van der Waals surface area (Å²) in [6.45, 7) is 2.76.